The lowest BCUT2D eigenvalue weighted by molar-refractivity contribution is -0.140. The van der Waals surface area contributed by atoms with E-state index in [1.165, 1.54) is 11.0 Å². The molecule has 0 saturated carbocycles. The van der Waals surface area contributed by atoms with Crippen LogP contribution in [-0.2, 0) is 23.2 Å². The summed E-state index contributed by atoms with van der Waals surface area (Å²) < 4.78 is 1.47. The minimum atomic E-state index is -1.22. The number of aromatic nitrogens is 3. The molecule has 0 saturated heterocycles. The number of carbonyl (C=O) groups is 3. The van der Waals surface area contributed by atoms with Crippen molar-refractivity contribution in [3.63, 3.8) is 0 Å². The third-order valence-electron chi connectivity index (χ3n) is 2.54. The fourth-order valence-corrected chi connectivity index (χ4v) is 1.55. The van der Waals surface area contributed by atoms with Crippen molar-refractivity contribution in [2.24, 2.45) is 7.05 Å². The van der Waals surface area contributed by atoms with E-state index in [2.05, 4.69) is 20.7 Å². The maximum atomic E-state index is 11.6. The van der Waals surface area contributed by atoms with E-state index in [0.29, 0.717) is 5.82 Å². The fourth-order valence-electron chi connectivity index (χ4n) is 1.55. The van der Waals surface area contributed by atoms with Crippen LogP contribution in [0.15, 0.2) is 6.33 Å². The first-order valence-corrected chi connectivity index (χ1v) is 6.22. The summed E-state index contributed by atoms with van der Waals surface area (Å²) in [5.74, 6) is -1.83. The summed E-state index contributed by atoms with van der Waals surface area (Å²) >= 11 is 0. The normalized spacial score (nSPS) is 11.7. The molecule has 0 bridgehead atoms. The number of carbonyl (C=O) groups excluding carboxylic acids is 1. The first-order valence-electron chi connectivity index (χ1n) is 6.22. The van der Waals surface area contributed by atoms with Crippen molar-refractivity contribution in [2.75, 3.05) is 0 Å². The molecule has 21 heavy (non-hydrogen) atoms. The summed E-state index contributed by atoms with van der Waals surface area (Å²) in [5.41, 5.74) is 0. The number of rotatable bonds is 8. The Kier molecular flexibility index (Phi) is 6.11. The maximum Gasteiger partial charge on any atom is 0.326 e. The second-order valence-electron chi connectivity index (χ2n) is 4.34. The summed E-state index contributed by atoms with van der Waals surface area (Å²) in [6, 6.07) is -1.81. The van der Waals surface area contributed by atoms with Gasteiger partial charge in [0.15, 0.2) is 5.82 Å². The van der Waals surface area contributed by atoms with Crippen molar-refractivity contribution in [3.05, 3.63) is 12.2 Å². The molecular formula is C11H17N5O5. The summed E-state index contributed by atoms with van der Waals surface area (Å²) in [4.78, 5) is 36.8. The SMILES string of the molecule is Cn1cnc(CNC(=O)N[C@H](CCCC(=O)O)C(=O)O)n1. The highest BCUT2D eigenvalue weighted by atomic mass is 16.4. The van der Waals surface area contributed by atoms with E-state index < -0.39 is 24.0 Å². The van der Waals surface area contributed by atoms with Gasteiger partial charge in [0.2, 0.25) is 0 Å². The molecule has 10 heteroatoms. The average Bonchev–Trinajstić information content (AvgIpc) is 2.80. The number of urea groups is 1. The minimum Gasteiger partial charge on any atom is -0.481 e. The van der Waals surface area contributed by atoms with Gasteiger partial charge in [0.05, 0.1) is 6.54 Å². The topological polar surface area (TPSA) is 146 Å². The van der Waals surface area contributed by atoms with Gasteiger partial charge < -0.3 is 20.8 Å². The molecular weight excluding hydrogens is 282 g/mol. The van der Waals surface area contributed by atoms with Crippen LogP contribution in [0.2, 0.25) is 0 Å². The van der Waals surface area contributed by atoms with E-state index >= 15 is 0 Å². The fraction of sp³-hybridized carbons (Fsp3) is 0.545. The molecule has 0 spiro atoms. The van der Waals surface area contributed by atoms with Gasteiger partial charge in [0.1, 0.15) is 12.4 Å². The molecule has 116 valence electrons. The van der Waals surface area contributed by atoms with Gasteiger partial charge in [-0.2, -0.15) is 5.10 Å². The van der Waals surface area contributed by atoms with Crippen molar-refractivity contribution in [1.82, 2.24) is 25.4 Å². The summed E-state index contributed by atoms with van der Waals surface area (Å²) in [6.07, 6.45) is 1.52. The molecule has 0 aliphatic rings. The lowest BCUT2D eigenvalue weighted by Gasteiger charge is -2.14. The molecule has 1 aromatic heterocycles. The van der Waals surface area contributed by atoms with Crippen molar-refractivity contribution < 1.29 is 24.6 Å². The van der Waals surface area contributed by atoms with Crippen LogP contribution in [0.1, 0.15) is 25.1 Å². The van der Waals surface area contributed by atoms with Crippen LogP contribution in [0.25, 0.3) is 0 Å². The highest BCUT2D eigenvalue weighted by molar-refractivity contribution is 5.82. The summed E-state index contributed by atoms with van der Waals surface area (Å²) in [6.45, 7) is 0.0636. The van der Waals surface area contributed by atoms with Gasteiger partial charge in [-0.05, 0) is 12.8 Å². The van der Waals surface area contributed by atoms with Gasteiger partial charge in [-0.25, -0.2) is 14.6 Å². The van der Waals surface area contributed by atoms with Crippen LogP contribution in [-0.4, -0.2) is 49.0 Å². The van der Waals surface area contributed by atoms with Gasteiger partial charge >= 0.3 is 18.0 Å². The van der Waals surface area contributed by atoms with Crippen molar-refractivity contribution in [3.8, 4) is 0 Å². The van der Waals surface area contributed by atoms with E-state index in [-0.39, 0.29) is 25.8 Å². The monoisotopic (exact) mass is 299 g/mol. The van der Waals surface area contributed by atoms with Crippen molar-refractivity contribution in [1.29, 1.82) is 0 Å². The Balaban J connectivity index is 2.37. The minimum absolute atomic E-state index is 0.0386. The van der Waals surface area contributed by atoms with Crippen LogP contribution in [0.3, 0.4) is 0 Å². The number of hydrogen-bond donors (Lipinski definition) is 4. The first kappa shape index (κ1) is 16.4. The highest BCUT2D eigenvalue weighted by Gasteiger charge is 2.19. The molecule has 4 N–H and O–H groups in total. The number of aryl methyl sites for hydroxylation is 1. The largest absolute Gasteiger partial charge is 0.481 e. The van der Waals surface area contributed by atoms with Crippen molar-refractivity contribution in [2.45, 2.75) is 31.8 Å². The predicted octanol–water partition coefficient (Wildman–Crippen LogP) is -0.678. The lowest BCUT2D eigenvalue weighted by Crippen LogP contribution is -2.45. The van der Waals surface area contributed by atoms with Crippen molar-refractivity contribution >= 4 is 18.0 Å². The number of hydrogen-bond acceptors (Lipinski definition) is 5. The van der Waals surface area contributed by atoms with E-state index in [9.17, 15) is 14.4 Å². The van der Waals surface area contributed by atoms with Crippen LogP contribution in [0.5, 0.6) is 0 Å². The average molecular weight is 299 g/mol. The number of aliphatic carboxylic acids is 2. The quantitative estimate of drug-likeness (QED) is 0.497. The zero-order valence-electron chi connectivity index (χ0n) is 11.4. The molecule has 1 heterocycles. The maximum absolute atomic E-state index is 11.6. The van der Waals surface area contributed by atoms with E-state index in [0.717, 1.165) is 0 Å². The van der Waals surface area contributed by atoms with E-state index in [1.54, 1.807) is 7.05 Å². The van der Waals surface area contributed by atoms with Gasteiger partial charge in [-0.3, -0.25) is 9.48 Å². The van der Waals surface area contributed by atoms with Crippen LogP contribution >= 0.6 is 0 Å². The molecule has 0 radical (unpaired) electrons. The lowest BCUT2D eigenvalue weighted by atomic mass is 10.1. The standard InChI is InChI=1S/C11H17N5O5/c1-16-6-13-8(15-16)5-12-11(21)14-7(10(19)20)3-2-4-9(17)18/h6-7H,2-5H2,1H3,(H,17,18)(H,19,20)(H2,12,14,21)/t7-/m1/s1. The van der Waals surface area contributed by atoms with E-state index in [4.69, 9.17) is 10.2 Å². The van der Waals surface area contributed by atoms with Crippen LogP contribution in [0, 0.1) is 0 Å². The Morgan fingerprint density at radius 2 is 2.10 bits per heavy atom. The highest BCUT2D eigenvalue weighted by Crippen LogP contribution is 2.01. The van der Waals surface area contributed by atoms with Crippen LogP contribution < -0.4 is 10.6 Å². The summed E-state index contributed by atoms with van der Waals surface area (Å²) in [7, 11) is 1.68. The number of carboxylic acids is 2. The number of nitrogens with zero attached hydrogens (tertiary/aromatic N) is 3. The third-order valence-corrected chi connectivity index (χ3v) is 2.54. The van der Waals surface area contributed by atoms with Gasteiger partial charge in [0, 0.05) is 13.5 Å². The first-order chi connectivity index (χ1) is 9.88. The molecule has 0 aliphatic heterocycles. The second-order valence-corrected chi connectivity index (χ2v) is 4.34. The van der Waals surface area contributed by atoms with Crippen LogP contribution in [0.4, 0.5) is 4.79 Å². The predicted molar refractivity (Wildman–Crippen MR) is 69.3 cm³/mol. The third kappa shape index (κ3) is 6.36. The number of amides is 2. The summed E-state index contributed by atoms with van der Waals surface area (Å²) in [5, 5.41) is 26.1. The molecule has 10 nitrogen and oxygen atoms in total. The smallest absolute Gasteiger partial charge is 0.326 e. The Morgan fingerprint density at radius 3 is 2.62 bits per heavy atom. The Labute approximate surface area is 120 Å². The number of carboxylic acid groups (broad SMARTS) is 2. The molecule has 1 rings (SSSR count). The Morgan fingerprint density at radius 1 is 1.38 bits per heavy atom. The molecule has 0 fully saturated rings. The zero-order valence-corrected chi connectivity index (χ0v) is 11.4. The number of nitrogens with one attached hydrogen (secondary N) is 2. The second kappa shape index (κ2) is 7.82. The molecule has 0 unspecified atom stereocenters. The Bertz CT molecular complexity index is 515. The Hall–Kier alpha value is -2.65. The molecule has 2 amide bonds. The van der Waals surface area contributed by atoms with Gasteiger partial charge in [0.25, 0.3) is 0 Å². The zero-order chi connectivity index (χ0) is 15.8. The van der Waals surface area contributed by atoms with E-state index in [1.807, 2.05) is 0 Å². The van der Waals surface area contributed by atoms with Gasteiger partial charge in [-0.1, -0.05) is 0 Å². The molecule has 0 aromatic carbocycles. The molecule has 0 aliphatic carbocycles. The molecule has 1 atom stereocenters. The van der Waals surface area contributed by atoms with Gasteiger partial charge in [-0.15, -0.1) is 0 Å². The molecule has 1 aromatic rings.